The number of nitrogens with zero attached hydrogens (tertiary/aromatic N) is 1. The molecule has 15 heavy (non-hydrogen) atoms. The van der Waals surface area contributed by atoms with Gasteiger partial charge in [0, 0.05) is 17.3 Å². The number of nitrogens with two attached hydrogens (primary N) is 1. The fourth-order valence-electron chi connectivity index (χ4n) is 1.48. The summed E-state index contributed by atoms with van der Waals surface area (Å²) in [7, 11) is 0. The number of hydrogen-bond donors (Lipinski definition) is 1. The molecule has 2 N–H and O–H groups in total. The molecule has 1 atom stereocenters. The summed E-state index contributed by atoms with van der Waals surface area (Å²) in [6.45, 7) is 0.840. The van der Waals surface area contributed by atoms with E-state index in [1.807, 2.05) is 0 Å². The Labute approximate surface area is 92.6 Å². The van der Waals surface area contributed by atoms with Crippen LogP contribution in [0.5, 0.6) is 0 Å². The molecule has 1 aromatic rings. The zero-order chi connectivity index (χ0) is 10.8. The molecule has 1 aliphatic heterocycles. The molecule has 1 aliphatic rings. The minimum atomic E-state index is -0.354. The minimum absolute atomic E-state index is 0.215. The number of amides is 1. The van der Waals surface area contributed by atoms with Crippen LogP contribution in [0.3, 0.4) is 0 Å². The van der Waals surface area contributed by atoms with Crippen molar-refractivity contribution in [3.05, 3.63) is 29.3 Å². The van der Waals surface area contributed by atoms with Gasteiger partial charge < -0.3 is 10.5 Å². The van der Waals surface area contributed by atoms with Crippen LogP contribution in [0.15, 0.2) is 24.3 Å². The van der Waals surface area contributed by atoms with E-state index >= 15 is 0 Å². The van der Waals surface area contributed by atoms with Gasteiger partial charge in [-0.3, -0.25) is 4.90 Å². The lowest BCUT2D eigenvalue weighted by atomic mass is 10.3. The molecule has 0 saturated carbocycles. The van der Waals surface area contributed by atoms with E-state index < -0.39 is 0 Å². The highest BCUT2D eigenvalue weighted by Crippen LogP contribution is 2.22. The van der Waals surface area contributed by atoms with Crippen LogP contribution in [-0.4, -0.2) is 25.3 Å². The van der Waals surface area contributed by atoms with E-state index in [-0.39, 0.29) is 12.2 Å². The van der Waals surface area contributed by atoms with Gasteiger partial charge in [0.1, 0.15) is 6.10 Å². The number of cyclic esters (lactones) is 1. The zero-order valence-electron chi connectivity index (χ0n) is 8.02. The van der Waals surface area contributed by atoms with Crippen molar-refractivity contribution in [3.63, 3.8) is 0 Å². The van der Waals surface area contributed by atoms with Gasteiger partial charge in [0.05, 0.1) is 6.54 Å². The van der Waals surface area contributed by atoms with Crippen LogP contribution < -0.4 is 10.6 Å². The number of carbonyl (C=O) groups is 1. The summed E-state index contributed by atoms with van der Waals surface area (Å²) in [4.78, 5) is 13.0. The Morgan fingerprint density at radius 3 is 2.67 bits per heavy atom. The lowest BCUT2D eigenvalue weighted by molar-refractivity contribution is 0.145. The summed E-state index contributed by atoms with van der Waals surface area (Å²) in [5.74, 6) is 0. The zero-order valence-corrected chi connectivity index (χ0v) is 8.78. The number of anilines is 1. The third-order valence-corrected chi connectivity index (χ3v) is 2.53. The number of rotatable bonds is 2. The van der Waals surface area contributed by atoms with Crippen molar-refractivity contribution in [2.75, 3.05) is 18.0 Å². The predicted molar refractivity (Wildman–Crippen MR) is 58.1 cm³/mol. The van der Waals surface area contributed by atoms with Gasteiger partial charge in [0.15, 0.2) is 0 Å². The van der Waals surface area contributed by atoms with Crippen molar-refractivity contribution in [1.82, 2.24) is 0 Å². The first-order valence-corrected chi connectivity index (χ1v) is 5.02. The van der Waals surface area contributed by atoms with E-state index in [1.54, 1.807) is 29.2 Å². The average molecular weight is 227 g/mol. The molecular weight excluding hydrogens is 216 g/mol. The second-order valence-corrected chi connectivity index (χ2v) is 3.76. The Morgan fingerprint density at radius 1 is 1.47 bits per heavy atom. The van der Waals surface area contributed by atoms with Gasteiger partial charge in [-0.05, 0) is 24.3 Å². The van der Waals surface area contributed by atoms with Gasteiger partial charge >= 0.3 is 6.09 Å². The molecule has 80 valence electrons. The standard InChI is InChI=1S/C10H11ClN2O2/c11-7-1-3-8(4-2-7)13-6-9(5-12)15-10(13)14/h1-4,9H,5-6,12H2/t9-/m1/s1. The molecule has 1 heterocycles. The Morgan fingerprint density at radius 2 is 2.13 bits per heavy atom. The molecule has 1 amide bonds. The number of carbonyl (C=O) groups excluding carboxylic acids is 1. The normalized spacial score (nSPS) is 20.5. The van der Waals surface area contributed by atoms with Crippen LogP contribution in [0.25, 0.3) is 0 Å². The van der Waals surface area contributed by atoms with Crippen molar-refractivity contribution in [2.24, 2.45) is 5.73 Å². The lowest BCUT2D eigenvalue weighted by Gasteiger charge is -2.12. The van der Waals surface area contributed by atoms with Crippen LogP contribution >= 0.6 is 11.6 Å². The smallest absolute Gasteiger partial charge is 0.414 e. The molecule has 0 radical (unpaired) electrons. The van der Waals surface area contributed by atoms with Crippen LogP contribution in [0.2, 0.25) is 5.02 Å². The van der Waals surface area contributed by atoms with Gasteiger partial charge in [0.25, 0.3) is 0 Å². The van der Waals surface area contributed by atoms with Crippen molar-refractivity contribution >= 4 is 23.4 Å². The first-order valence-electron chi connectivity index (χ1n) is 4.64. The molecule has 1 saturated heterocycles. The molecule has 1 aromatic carbocycles. The van der Waals surface area contributed by atoms with Crippen molar-refractivity contribution in [3.8, 4) is 0 Å². The third kappa shape index (κ3) is 2.06. The molecule has 1 fully saturated rings. The van der Waals surface area contributed by atoms with E-state index in [0.29, 0.717) is 18.1 Å². The summed E-state index contributed by atoms with van der Waals surface area (Å²) in [5.41, 5.74) is 6.21. The largest absolute Gasteiger partial charge is 0.443 e. The quantitative estimate of drug-likeness (QED) is 0.834. The molecule has 4 nitrogen and oxygen atoms in total. The summed E-state index contributed by atoms with van der Waals surface area (Å²) in [6.07, 6.45) is -0.569. The Kier molecular flexibility index (Phi) is 2.79. The van der Waals surface area contributed by atoms with Crippen LogP contribution in [0, 0.1) is 0 Å². The minimum Gasteiger partial charge on any atom is -0.443 e. The van der Waals surface area contributed by atoms with Crippen LogP contribution in [-0.2, 0) is 4.74 Å². The number of benzene rings is 1. The second kappa shape index (κ2) is 4.08. The molecule has 0 spiro atoms. The van der Waals surface area contributed by atoms with Gasteiger partial charge in [-0.1, -0.05) is 11.6 Å². The molecule has 5 heteroatoms. The van der Waals surface area contributed by atoms with Crippen molar-refractivity contribution in [2.45, 2.75) is 6.10 Å². The van der Waals surface area contributed by atoms with E-state index in [9.17, 15) is 4.79 Å². The second-order valence-electron chi connectivity index (χ2n) is 3.33. The summed E-state index contributed by atoms with van der Waals surface area (Å²) < 4.78 is 5.04. The summed E-state index contributed by atoms with van der Waals surface area (Å²) >= 11 is 5.76. The van der Waals surface area contributed by atoms with E-state index in [1.165, 1.54) is 0 Å². The van der Waals surface area contributed by atoms with Gasteiger partial charge in [-0.2, -0.15) is 0 Å². The SMILES string of the molecule is NC[C@@H]1CN(c2ccc(Cl)cc2)C(=O)O1. The number of hydrogen-bond acceptors (Lipinski definition) is 3. The van der Waals surface area contributed by atoms with Gasteiger partial charge in [-0.15, -0.1) is 0 Å². The van der Waals surface area contributed by atoms with Crippen LogP contribution in [0.1, 0.15) is 0 Å². The molecule has 0 aromatic heterocycles. The maximum Gasteiger partial charge on any atom is 0.414 e. The molecule has 0 bridgehead atoms. The number of halogens is 1. The lowest BCUT2D eigenvalue weighted by Crippen LogP contribution is -2.27. The number of ether oxygens (including phenoxy) is 1. The molecule has 0 aliphatic carbocycles. The maximum atomic E-state index is 11.4. The predicted octanol–water partition coefficient (Wildman–Crippen LogP) is 1.62. The van der Waals surface area contributed by atoms with Crippen LogP contribution in [0.4, 0.5) is 10.5 Å². The first kappa shape index (κ1) is 10.3. The highest BCUT2D eigenvalue weighted by molar-refractivity contribution is 6.30. The van der Waals surface area contributed by atoms with E-state index in [4.69, 9.17) is 22.1 Å². The van der Waals surface area contributed by atoms with E-state index in [2.05, 4.69) is 0 Å². The highest BCUT2D eigenvalue weighted by Gasteiger charge is 2.31. The monoisotopic (exact) mass is 226 g/mol. The fourth-order valence-corrected chi connectivity index (χ4v) is 1.60. The Hall–Kier alpha value is -1.26. The molecule has 0 unspecified atom stereocenters. The topological polar surface area (TPSA) is 55.6 Å². The Balaban J connectivity index is 2.18. The fraction of sp³-hybridized carbons (Fsp3) is 0.300. The van der Waals surface area contributed by atoms with Gasteiger partial charge in [-0.25, -0.2) is 4.79 Å². The first-order chi connectivity index (χ1) is 7.20. The van der Waals surface area contributed by atoms with Gasteiger partial charge in [0.2, 0.25) is 0 Å². The maximum absolute atomic E-state index is 11.4. The van der Waals surface area contributed by atoms with Crippen molar-refractivity contribution in [1.29, 1.82) is 0 Å². The third-order valence-electron chi connectivity index (χ3n) is 2.28. The van der Waals surface area contributed by atoms with E-state index in [0.717, 1.165) is 5.69 Å². The summed E-state index contributed by atoms with van der Waals surface area (Å²) in [5, 5.41) is 0.640. The Bertz CT molecular complexity index is 366. The highest BCUT2D eigenvalue weighted by atomic mass is 35.5. The molecule has 2 rings (SSSR count). The van der Waals surface area contributed by atoms with Crippen molar-refractivity contribution < 1.29 is 9.53 Å². The molecular formula is C10H11ClN2O2. The average Bonchev–Trinajstić information content (AvgIpc) is 2.61. The summed E-state index contributed by atoms with van der Waals surface area (Å²) in [6, 6.07) is 7.03.